The molecular formula is C15H20ClN3O2. The number of nitrogens with zero attached hydrogens (tertiary/aromatic N) is 3. The monoisotopic (exact) mass is 309 g/mol. The lowest BCUT2D eigenvalue weighted by molar-refractivity contribution is -0.0293. The first-order valence-corrected chi connectivity index (χ1v) is 7.58. The number of pyridine rings is 1. The summed E-state index contributed by atoms with van der Waals surface area (Å²) < 4.78 is 13.3. The Labute approximate surface area is 129 Å². The molecule has 0 saturated carbocycles. The van der Waals surface area contributed by atoms with E-state index in [2.05, 4.69) is 14.5 Å². The highest BCUT2D eigenvalue weighted by Gasteiger charge is 2.37. The third kappa shape index (κ3) is 2.65. The van der Waals surface area contributed by atoms with Gasteiger partial charge in [-0.2, -0.15) is 0 Å². The van der Waals surface area contributed by atoms with Crippen LogP contribution in [-0.4, -0.2) is 40.5 Å². The molecule has 0 spiro atoms. The van der Waals surface area contributed by atoms with E-state index >= 15 is 0 Å². The number of rotatable bonds is 4. The van der Waals surface area contributed by atoms with Crippen molar-refractivity contribution in [1.82, 2.24) is 14.5 Å². The van der Waals surface area contributed by atoms with Crippen LogP contribution in [0, 0.1) is 6.92 Å². The van der Waals surface area contributed by atoms with Crippen LogP contribution in [0.1, 0.15) is 30.1 Å². The first kappa shape index (κ1) is 14.8. The Morgan fingerprint density at radius 2 is 2.38 bits per heavy atom. The summed E-state index contributed by atoms with van der Waals surface area (Å²) in [7, 11) is 1.73. The van der Waals surface area contributed by atoms with E-state index in [0.29, 0.717) is 13.2 Å². The molecule has 0 N–H and O–H groups in total. The number of alkyl halides is 1. The fourth-order valence-corrected chi connectivity index (χ4v) is 2.98. The zero-order valence-corrected chi connectivity index (χ0v) is 13.4. The molecule has 6 heteroatoms. The summed E-state index contributed by atoms with van der Waals surface area (Å²) in [5.74, 6) is 0.827. The Morgan fingerprint density at radius 3 is 3.00 bits per heavy atom. The van der Waals surface area contributed by atoms with Crippen LogP contribution in [0.15, 0.2) is 12.3 Å². The Kier molecular flexibility index (Phi) is 3.90. The van der Waals surface area contributed by atoms with Crippen LogP contribution in [-0.2, 0) is 16.0 Å². The summed E-state index contributed by atoms with van der Waals surface area (Å²) in [6.07, 6.45) is 2.72. The molecular weight excluding hydrogens is 290 g/mol. The smallest absolute Gasteiger partial charge is 0.160 e. The van der Waals surface area contributed by atoms with Gasteiger partial charge in [-0.15, -0.1) is 11.6 Å². The summed E-state index contributed by atoms with van der Waals surface area (Å²) >= 11 is 6.31. The van der Waals surface area contributed by atoms with Crippen molar-refractivity contribution < 1.29 is 9.47 Å². The Hall–Kier alpha value is -1.17. The summed E-state index contributed by atoms with van der Waals surface area (Å²) in [6.45, 7) is 5.90. The first-order chi connectivity index (χ1) is 10.0. The van der Waals surface area contributed by atoms with Gasteiger partial charge in [0.15, 0.2) is 5.65 Å². The predicted molar refractivity (Wildman–Crippen MR) is 81.7 cm³/mol. The number of hydrogen-bond acceptors (Lipinski definition) is 4. The van der Waals surface area contributed by atoms with Crippen LogP contribution in [0.3, 0.4) is 0 Å². The van der Waals surface area contributed by atoms with Crippen LogP contribution >= 0.6 is 11.6 Å². The SMILES string of the molecule is COC1(Cn2c(C(C)Cl)nc3cc(C)cnc32)CCOC1. The van der Waals surface area contributed by atoms with Crippen LogP contribution in [0.4, 0.5) is 0 Å². The Bertz CT molecular complexity index is 648. The summed E-state index contributed by atoms with van der Waals surface area (Å²) in [5.41, 5.74) is 2.50. The quantitative estimate of drug-likeness (QED) is 0.815. The van der Waals surface area contributed by atoms with Crippen molar-refractivity contribution in [2.24, 2.45) is 0 Å². The summed E-state index contributed by atoms with van der Waals surface area (Å²) in [5, 5.41) is -0.185. The molecule has 0 aliphatic carbocycles. The fraction of sp³-hybridized carbons (Fsp3) is 0.600. The molecule has 1 fully saturated rings. The molecule has 1 saturated heterocycles. The van der Waals surface area contributed by atoms with Crippen molar-refractivity contribution in [3.8, 4) is 0 Å². The largest absolute Gasteiger partial charge is 0.378 e. The lowest BCUT2D eigenvalue weighted by atomic mass is 10.0. The minimum atomic E-state index is -0.319. The molecule has 0 radical (unpaired) electrons. The molecule has 3 rings (SSSR count). The molecule has 2 unspecified atom stereocenters. The number of methoxy groups -OCH3 is 1. The molecule has 0 amide bonds. The second-order valence-electron chi connectivity index (χ2n) is 5.72. The molecule has 0 aromatic carbocycles. The van der Waals surface area contributed by atoms with Crippen molar-refractivity contribution in [1.29, 1.82) is 0 Å². The standard InChI is InChI=1S/C15H20ClN3O2/c1-10-6-12-14(17-7-10)19(13(18-12)11(2)16)8-15(20-3)4-5-21-9-15/h6-7,11H,4-5,8-9H2,1-3H3. The van der Waals surface area contributed by atoms with Gasteiger partial charge < -0.3 is 14.0 Å². The average Bonchev–Trinajstić information content (AvgIpc) is 3.05. The number of ether oxygens (including phenoxy) is 2. The fourth-order valence-electron chi connectivity index (χ4n) is 2.82. The van der Waals surface area contributed by atoms with Gasteiger partial charge in [0.1, 0.15) is 16.9 Å². The number of hydrogen-bond donors (Lipinski definition) is 0. The summed E-state index contributed by atoms with van der Waals surface area (Å²) in [4.78, 5) is 9.19. The van der Waals surface area contributed by atoms with Crippen LogP contribution < -0.4 is 0 Å². The molecule has 0 bridgehead atoms. The maximum absolute atomic E-state index is 6.31. The zero-order valence-electron chi connectivity index (χ0n) is 12.6. The van der Waals surface area contributed by atoms with Gasteiger partial charge in [-0.05, 0) is 25.5 Å². The van der Waals surface area contributed by atoms with Gasteiger partial charge in [-0.3, -0.25) is 0 Å². The maximum Gasteiger partial charge on any atom is 0.160 e. The lowest BCUT2D eigenvalue weighted by Crippen LogP contribution is -2.37. The third-order valence-electron chi connectivity index (χ3n) is 4.05. The van der Waals surface area contributed by atoms with E-state index in [9.17, 15) is 0 Å². The summed E-state index contributed by atoms with van der Waals surface area (Å²) in [6, 6.07) is 2.03. The molecule has 114 valence electrons. The first-order valence-electron chi connectivity index (χ1n) is 7.14. The van der Waals surface area contributed by atoms with E-state index in [1.165, 1.54) is 0 Å². The highest BCUT2D eigenvalue weighted by atomic mass is 35.5. The topological polar surface area (TPSA) is 49.2 Å². The van der Waals surface area contributed by atoms with E-state index in [0.717, 1.165) is 35.6 Å². The molecule has 2 atom stereocenters. The Balaban J connectivity index is 2.09. The highest BCUT2D eigenvalue weighted by Crippen LogP contribution is 2.30. The van der Waals surface area contributed by atoms with Gasteiger partial charge in [-0.1, -0.05) is 0 Å². The molecule has 5 nitrogen and oxygen atoms in total. The minimum Gasteiger partial charge on any atom is -0.378 e. The Morgan fingerprint density at radius 1 is 1.57 bits per heavy atom. The molecule has 3 heterocycles. The van der Waals surface area contributed by atoms with Crippen molar-refractivity contribution >= 4 is 22.8 Å². The van der Waals surface area contributed by atoms with Crippen molar-refractivity contribution in [3.63, 3.8) is 0 Å². The molecule has 2 aromatic rings. The van der Waals surface area contributed by atoms with Gasteiger partial charge in [0.05, 0.1) is 18.5 Å². The van der Waals surface area contributed by atoms with Crippen molar-refractivity contribution in [2.45, 2.75) is 37.8 Å². The second-order valence-corrected chi connectivity index (χ2v) is 6.37. The van der Waals surface area contributed by atoms with Gasteiger partial charge in [0, 0.05) is 26.3 Å². The molecule has 2 aromatic heterocycles. The third-order valence-corrected chi connectivity index (χ3v) is 4.25. The average molecular weight is 310 g/mol. The number of halogens is 1. The second kappa shape index (κ2) is 5.55. The van der Waals surface area contributed by atoms with Gasteiger partial charge in [0.25, 0.3) is 0 Å². The van der Waals surface area contributed by atoms with E-state index in [1.54, 1.807) is 7.11 Å². The molecule has 1 aliphatic rings. The van der Waals surface area contributed by atoms with Crippen LogP contribution in [0.5, 0.6) is 0 Å². The number of aryl methyl sites for hydroxylation is 1. The van der Waals surface area contributed by atoms with Crippen LogP contribution in [0.2, 0.25) is 0 Å². The number of aromatic nitrogens is 3. The molecule has 1 aliphatic heterocycles. The van der Waals surface area contributed by atoms with E-state index in [4.69, 9.17) is 21.1 Å². The van der Waals surface area contributed by atoms with E-state index < -0.39 is 0 Å². The minimum absolute atomic E-state index is 0.185. The van der Waals surface area contributed by atoms with Crippen molar-refractivity contribution in [2.75, 3.05) is 20.3 Å². The van der Waals surface area contributed by atoms with Gasteiger partial charge >= 0.3 is 0 Å². The normalized spacial score (nSPS) is 23.8. The van der Waals surface area contributed by atoms with Gasteiger partial charge in [0.2, 0.25) is 0 Å². The maximum atomic E-state index is 6.31. The van der Waals surface area contributed by atoms with E-state index in [1.807, 2.05) is 26.1 Å². The lowest BCUT2D eigenvalue weighted by Gasteiger charge is -2.27. The van der Waals surface area contributed by atoms with E-state index in [-0.39, 0.29) is 11.0 Å². The van der Waals surface area contributed by atoms with Gasteiger partial charge in [-0.25, -0.2) is 9.97 Å². The zero-order chi connectivity index (χ0) is 15.0. The van der Waals surface area contributed by atoms with Crippen LogP contribution in [0.25, 0.3) is 11.2 Å². The number of imidazole rings is 1. The predicted octanol–water partition coefficient (Wildman–Crippen LogP) is 2.85. The van der Waals surface area contributed by atoms with Crippen molar-refractivity contribution in [3.05, 3.63) is 23.7 Å². The number of fused-ring (bicyclic) bond motifs is 1. The molecule has 21 heavy (non-hydrogen) atoms. The highest BCUT2D eigenvalue weighted by molar-refractivity contribution is 6.20.